The molecule has 0 saturated heterocycles. The standard InChI is InChI=1S/C31H31NO4.H2/c1-20-6-7-21(17-29(33)31(14-15-31)24-12-13-27-28(18-24)36-19-35-27)16-26(20)22-8-10-23(11-9-22)30(34)32-25-4-2-3-5-25;/h6-13,16,18,25H,2-5,14-15,17,19H2,1H3,(H,32,34);1H. The first-order chi connectivity index (χ1) is 17.5. The molecular weight excluding hydrogens is 450 g/mol. The van der Waals surface area contributed by atoms with Crippen molar-refractivity contribution in [3.8, 4) is 22.6 Å². The van der Waals surface area contributed by atoms with Crippen molar-refractivity contribution in [2.75, 3.05) is 6.79 Å². The van der Waals surface area contributed by atoms with Crippen LogP contribution in [-0.4, -0.2) is 24.5 Å². The molecule has 0 radical (unpaired) electrons. The number of fused-ring (bicyclic) bond motifs is 1. The number of rotatable bonds is 7. The van der Waals surface area contributed by atoms with E-state index in [9.17, 15) is 9.59 Å². The van der Waals surface area contributed by atoms with E-state index in [0.717, 1.165) is 65.0 Å². The van der Waals surface area contributed by atoms with Gasteiger partial charge in [-0.3, -0.25) is 9.59 Å². The number of aryl methyl sites for hydroxylation is 1. The molecule has 2 fully saturated rings. The van der Waals surface area contributed by atoms with Crippen LogP contribution in [0.2, 0.25) is 0 Å². The van der Waals surface area contributed by atoms with Gasteiger partial charge in [0.2, 0.25) is 6.79 Å². The minimum atomic E-state index is -0.416. The number of hydrogen-bond donors (Lipinski definition) is 1. The number of hydrogen-bond acceptors (Lipinski definition) is 4. The van der Waals surface area contributed by atoms with Gasteiger partial charge in [0.05, 0.1) is 5.41 Å². The van der Waals surface area contributed by atoms with Gasteiger partial charge in [-0.25, -0.2) is 0 Å². The number of benzene rings is 3. The summed E-state index contributed by atoms with van der Waals surface area (Å²) in [5.74, 6) is 1.72. The average Bonchev–Trinajstić information content (AvgIpc) is 3.30. The Hall–Kier alpha value is -3.60. The smallest absolute Gasteiger partial charge is 0.251 e. The fourth-order valence-electron chi connectivity index (χ4n) is 5.63. The highest BCUT2D eigenvalue weighted by atomic mass is 16.7. The van der Waals surface area contributed by atoms with E-state index in [-0.39, 0.29) is 19.9 Å². The second-order valence-corrected chi connectivity index (χ2v) is 10.4. The van der Waals surface area contributed by atoms with E-state index in [0.29, 0.717) is 18.0 Å². The summed E-state index contributed by atoms with van der Waals surface area (Å²) in [5, 5.41) is 3.15. The van der Waals surface area contributed by atoms with E-state index in [1.54, 1.807) is 0 Å². The minimum absolute atomic E-state index is 0. The molecule has 1 aliphatic heterocycles. The molecule has 2 aliphatic carbocycles. The van der Waals surface area contributed by atoms with Crippen LogP contribution in [0.5, 0.6) is 11.5 Å². The summed E-state index contributed by atoms with van der Waals surface area (Å²) in [6.07, 6.45) is 6.67. The second kappa shape index (κ2) is 9.12. The lowest BCUT2D eigenvalue weighted by atomic mass is 9.87. The fraction of sp³-hybridized carbons (Fsp3) is 0.355. The molecule has 6 rings (SSSR count). The van der Waals surface area contributed by atoms with Crippen LogP contribution in [-0.2, 0) is 16.6 Å². The molecule has 3 aliphatic rings. The van der Waals surface area contributed by atoms with Crippen molar-refractivity contribution >= 4 is 11.7 Å². The van der Waals surface area contributed by atoms with Crippen molar-refractivity contribution in [3.63, 3.8) is 0 Å². The lowest BCUT2D eigenvalue weighted by Crippen LogP contribution is -2.32. The maximum absolute atomic E-state index is 13.5. The van der Waals surface area contributed by atoms with E-state index in [4.69, 9.17) is 9.47 Å². The second-order valence-electron chi connectivity index (χ2n) is 10.4. The maximum atomic E-state index is 13.5. The number of carbonyl (C=O) groups is 2. The lowest BCUT2D eigenvalue weighted by Gasteiger charge is -2.16. The zero-order chi connectivity index (χ0) is 24.7. The highest BCUT2D eigenvalue weighted by Gasteiger charge is 2.50. The van der Waals surface area contributed by atoms with Crippen LogP contribution in [0.15, 0.2) is 60.7 Å². The summed E-state index contributed by atoms with van der Waals surface area (Å²) in [5.41, 5.74) is 5.60. The Morgan fingerprint density at radius 3 is 2.44 bits per heavy atom. The largest absolute Gasteiger partial charge is 0.454 e. The number of amides is 1. The Kier molecular flexibility index (Phi) is 5.79. The predicted octanol–water partition coefficient (Wildman–Crippen LogP) is 6.15. The third-order valence-electron chi connectivity index (χ3n) is 8.02. The lowest BCUT2D eigenvalue weighted by molar-refractivity contribution is -0.120. The van der Waals surface area contributed by atoms with E-state index < -0.39 is 5.41 Å². The van der Waals surface area contributed by atoms with Crippen molar-refractivity contribution in [2.24, 2.45) is 0 Å². The monoisotopic (exact) mass is 483 g/mol. The van der Waals surface area contributed by atoms with Crippen LogP contribution in [0, 0.1) is 6.92 Å². The summed E-state index contributed by atoms with van der Waals surface area (Å²) < 4.78 is 11.0. The molecule has 0 aromatic heterocycles. The molecule has 186 valence electrons. The number of Topliss-reactive ketones (excluding diaryl/α,β-unsaturated/α-hetero) is 1. The number of nitrogens with one attached hydrogen (secondary N) is 1. The first kappa shape index (κ1) is 22.8. The molecule has 3 aromatic carbocycles. The molecule has 0 bridgehead atoms. The minimum Gasteiger partial charge on any atom is -0.454 e. The molecule has 5 nitrogen and oxygen atoms in total. The van der Waals surface area contributed by atoms with Gasteiger partial charge >= 0.3 is 0 Å². The third-order valence-corrected chi connectivity index (χ3v) is 8.02. The molecule has 36 heavy (non-hydrogen) atoms. The Morgan fingerprint density at radius 2 is 1.69 bits per heavy atom. The molecular formula is C31H33NO4. The van der Waals surface area contributed by atoms with Gasteiger partial charge in [0.1, 0.15) is 5.78 Å². The molecule has 0 spiro atoms. The average molecular weight is 484 g/mol. The number of ketones is 1. The van der Waals surface area contributed by atoms with Gasteiger partial charge in [-0.15, -0.1) is 0 Å². The quantitative estimate of drug-likeness (QED) is 0.438. The fourth-order valence-corrected chi connectivity index (χ4v) is 5.63. The summed E-state index contributed by atoms with van der Waals surface area (Å²) in [6, 6.07) is 20.3. The van der Waals surface area contributed by atoms with Crippen molar-refractivity contribution in [1.29, 1.82) is 0 Å². The van der Waals surface area contributed by atoms with Gasteiger partial charge in [-0.1, -0.05) is 49.2 Å². The normalized spacial score (nSPS) is 17.7. The third kappa shape index (κ3) is 4.27. The molecule has 1 N–H and O–H groups in total. The first-order valence-corrected chi connectivity index (χ1v) is 13.0. The van der Waals surface area contributed by atoms with Crippen LogP contribution in [0.25, 0.3) is 11.1 Å². The number of ether oxygens (including phenoxy) is 2. The Labute approximate surface area is 213 Å². The van der Waals surface area contributed by atoms with Gasteiger partial charge < -0.3 is 14.8 Å². The van der Waals surface area contributed by atoms with Crippen LogP contribution >= 0.6 is 0 Å². The summed E-state index contributed by atoms with van der Waals surface area (Å²) >= 11 is 0. The molecule has 1 amide bonds. The van der Waals surface area contributed by atoms with Crippen LogP contribution in [0.4, 0.5) is 0 Å². The highest BCUT2D eigenvalue weighted by Crippen LogP contribution is 2.51. The molecule has 0 atom stereocenters. The maximum Gasteiger partial charge on any atom is 0.251 e. The molecule has 0 unspecified atom stereocenters. The number of carbonyl (C=O) groups excluding carboxylic acids is 2. The van der Waals surface area contributed by atoms with Gasteiger partial charge in [-0.05, 0) is 84.7 Å². The van der Waals surface area contributed by atoms with Crippen molar-refractivity contribution in [3.05, 3.63) is 82.9 Å². The van der Waals surface area contributed by atoms with E-state index in [2.05, 4.69) is 30.4 Å². The zero-order valence-corrected chi connectivity index (χ0v) is 20.6. The summed E-state index contributed by atoms with van der Waals surface area (Å²) in [7, 11) is 0. The topological polar surface area (TPSA) is 64.6 Å². The molecule has 2 saturated carbocycles. The van der Waals surface area contributed by atoms with Crippen molar-refractivity contribution in [1.82, 2.24) is 5.32 Å². The Morgan fingerprint density at radius 1 is 0.944 bits per heavy atom. The van der Waals surface area contributed by atoms with Crippen LogP contribution in [0.3, 0.4) is 0 Å². The van der Waals surface area contributed by atoms with Gasteiger partial charge in [0.25, 0.3) is 5.91 Å². The van der Waals surface area contributed by atoms with E-state index in [1.807, 2.05) is 42.5 Å². The van der Waals surface area contributed by atoms with Crippen molar-refractivity contribution < 1.29 is 20.5 Å². The Bertz CT molecular complexity index is 1320. The van der Waals surface area contributed by atoms with Crippen molar-refractivity contribution in [2.45, 2.75) is 63.3 Å². The van der Waals surface area contributed by atoms with Gasteiger partial charge in [0.15, 0.2) is 11.5 Å². The van der Waals surface area contributed by atoms with Gasteiger partial charge in [-0.2, -0.15) is 0 Å². The Balaban J connectivity index is 0.00000280. The molecule has 5 heteroatoms. The summed E-state index contributed by atoms with van der Waals surface area (Å²) in [4.78, 5) is 26.1. The summed E-state index contributed by atoms with van der Waals surface area (Å²) in [6.45, 7) is 2.31. The highest BCUT2D eigenvalue weighted by molar-refractivity contribution is 5.96. The first-order valence-electron chi connectivity index (χ1n) is 13.0. The zero-order valence-electron chi connectivity index (χ0n) is 20.6. The van der Waals surface area contributed by atoms with Crippen LogP contribution < -0.4 is 14.8 Å². The molecule has 3 aromatic rings. The SMILES string of the molecule is Cc1ccc(CC(=O)C2(c3ccc4c(c3)OCO4)CC2)cc1-c1ccc(C(=O)NC2CCCC2)cc1.[HH]. The van der Waals surface area contributed by atoms with E-state index >= 15 is 0 Å². The van der Waals surface area contributed by atoms with Gasteiger partial charge in [0, 0.05) is 19.5 Å². The predicted molar refractivity (Wildman–Crippen MR) is 141 cm³/mol. The molecule has 1 heterocycles. The van der Waals surface area contributed by atoms with E-state index in [1.165, 1.54) is 12.8 Å². The van der Waals surface area contributed by atoms with Crippen LogP contribution in [0.1, 0.15) is 67.0 Å².